The largest absolute Gasteiger partial charge is 0.477 e. The Labute approximate surface area is 156 Å². The molecule has 3 heterocycles. The second-order valence-electron chi connectivity index (χ2n) is 5.43. The first-order chi connectivity index (χ1) is 13.2. The molecule has 4 rings (SSSR count). The second-order valence-corrected chi connectivity index (χ2v) is 6.29. The summed E-state index contributed by atoms with van der Waals surface area (Å²) in [6, 6.07) is 12.3. The third kappa shape index (κ3) is 3.98. The molecule has 136 valence electrons. The molecule has 1 atom stereocenters. The molecule has 0 N–H and O–H groups in total. The number of hydrogen-bond donors (Lipinski definition) is 0. The Hall–Kier alpha value is -3.20. The van der Waals surface area contributed by atoms with Crippen LogP contribution in [0.25, 0.3) is 10.9 Å². The average molecular weight is 386 g/mol. The van der Waals surface area contributed by atoms with Crippen LogP contribution in [-0.4, -0.2) is 26.8 Å². The summed E-state index contributed by atoms with van der Waals surface area (Å²) in [6.07, 6.45) is 2.32. The van der Waals surface area contributed by atoms with Gasteiger partial charge < -0.3 is 9.47 Å². The van der Waals surface area contributed by atoms with Crippen LogP contribution in [0, 0.1) is 0 Å². The van der Waals surface area contributed by atoms with Gasteiger partial charge in [-0.2, -0.15) is 8.78 Å². The van der Waals surface area contributed by atoms with Crippen LogP contribution >= 0.6 is 11.3 Å². The van der Waals surface area contributed by atoms with Crippen LogP contribution in [0.15, 0.2) is 60.4 Å². The van der Waals surface area contributed by atoms with Crippen molar-refractivity contribution in [2.24, 2.45) is 0 Å². The van der Waals surface area contributed by atoms with Crippen molar-refractivity contribution >= 4 is 22.2 Å². The Morgan fingerprint density at radius 3 is 2.59 bits per heavy atom. The van der Waals surface area contributed by atoms with E-state index < -0.39 is 12.7 Å². The smallest absolute Gasteiger partial charge is 0.387 e. The minimum Gasteiger partial charge on any atom is -0.477 e. The van der Waals surface area contributed by atoms with Gasteiger partial charge in [0, 0.05) is 11.6 Å². The Bertz CT molecular complexity index is 1030. The molecular formula is C18H12F2N4O2S. The molecule has 6 nitrogen and oxygen atoms in total. The van der Waals surface area contributed by atoms with Gasteiger partial charge in [-0.3, -0.25) is 9.97 Å². The molecule has 1 aromatic carbocycles. The minimum absolute atomic E-state index is 0.0263. The van der Waals surface area contributed by atoms with Gasteiger partial charge in [-0.25, -0.2) is 0 Å². The second kappa shape index (κ2) is 7.58. The third-order valence-electron chi connectivity index (χ3n) is 3.68. The fourth-order valence-corrected chi connectivity index (χ4v) is 3.10. The number of pyridine rings is 2. The van der Waals surface area contributed by atoms with E-state index in [-0.39, 0.29) is 5.75 Å². The van der Waals surface area contributed by atoms with E-state index in [0.717, 1.165) is 10.9 Å². The van der Waals surface area contributed by atoms with E-state index in [2.05, 4.69) is 24.9 Å². The van der Waals surface area contributed by atoms with Crippen LogP contribution in [0.5, 0.6) is 11.5 Å². The monoisotopic (exact) mass is 386 g/mol. The van der Waals surface area contributed by atoms with Crippen molar-refractivity contribution in [3.8, 4) is 11.5 Å². The molecule has 0 aliphatic rings. The van der Waals surface area contributed by atoms with E-state index in [4.69, 9.17) is 4.74 Å². The van der Waals surface area contributed by atoms with Crippen molar-refractivity contribution in [2.45, 2.75) is 12.7 Å². The van der Waals surface area contributed by atoms with E-state index in [1.165, 1.54) is 23.6 Å². The topological polar surface area (TPSA) is 70.0 Å². The summed E-state index contributed by atoms with van der Waals surface area (Å²) >= 11 is 1.31. The molecule has 0 saturated heterocycles. The van der Waals surface area contributed by atoms with Gasteiger partial charge in [0.25, 0.3) is 0 Å². The van der Waals surface area contributed by atoms with Gasteiger partial charge in [0.05, 0.1) is 17.4 Å². The number of alkyl halides is 2. The Morgan fingerprint density at radius 1 is 0.963 bits per heavy atom. The first-order valence-electron chi connectivity index (χ1n) is 7.87. The summed E-state index contributed by atoms with van der Waals surface area (Å²) in [5.74, 6) is 0.576. The molecule has 27 heavy (non-hydrogen) atoms. The molecule has 0 aliphatic heterocycles. The molecule has 0 fully saturated rings. The van der Waals surface area contributed by atoms with Gasteiger partial charge in [0.15, 0.2) is 11.1 Å². The Morgan fingerprint density at radius 2 is 1.85 bits per heavy atom. The lowest BCUT2D eigenvalue weighted by molar-refractivity contribution is -0.0501. The van der Waals surface area contributed by atoms with Crippen molar-refractivity contribution < 1.29 is 18.3 Å². The molecule has 9 heteroatoms. The zero-order valence-electron chi connectivity index (χ0n) is 13.7. The molecule has 0 aliphatic carbocycles. The number of hydrogen-bond acceptors (Lipinski definition) is 7. The highest BCUT2D eigenvalue weighted by Crippen LogP contribution is 2.30. The molecule has 0 saturated carbocycles. The fraction of sp³-hybridized carbons (Fsp3) is 0.111. The van der Waals surface area contributed by atoms with Crippen LogP contribution in [0.3, 0.4) is 0 Å². The van der Waals surface area contributed by atoms with Gasteiger partial charge in [-0.05, 0) is 36.4 Å². The number of nitrogens with zero attached hydrogens (tertiary/aromatic N) is 4. The standard InChI is InChI=1S/C18H12F2N4O2S/c19-18(20)26-13-4-6-15(22-9-13)16(17-24-23-10-27-17)25-12-3-5-14-11(8-12)2-1-7-21-14/h1-10,16,18H. The van der Waals surface area contributed by atoms with Crippen molar-refractivity contribution in [2.75, 3.05) is 0 Å². The fourth-order valence-electron chi connectivity index (χ4n) is 2.52. The summed E-state index contributed by atoms with van der Waals surface area (Å²) in [5, 5.41) is 9.43. The van der Waals surface area contributed by atoms with Gasteiger partial charge in [-0.1, -0.05) is 6.07 Å². The van der Waals surface area contributed by atoms with Crippen LogP contribution in [0.4, 0.5) is 8.78 Å². The van der Waals surface area contributed by atoms with E-state index >= 15 is 0 Å². The van der Waals surface area contributed by atoms with Crippen LogP contribution in [-0.2, 0) is 0 Å². The number of rotatable bonds is 6. The van der Waals surface area contributed by atoms with Crippen LogP contribution < -0.4 is 9.47 Å². The van der Waals surface area contributed by atoms with Gasteiger partial charge in [0.1, 0.15) is 17.0 Å². The summed E-state index contributed by atoms with van der Waals surface area (Å²) in [7, 11) is 0. The molecule has 0 spiro atoms. The van der Waals surface area contributed by atoms with Crippen LogP contribution in [0.1, 0.15) is 16.8 Å². The number of ether oxygens (including phenoxy) is 2. The van der Waals surface area contributed by atoms with Gasteiger partial charge in [-0.15, -0.1) is 21.5 Å². The highest BCUT2D eigenvalue weighted by atomic mass is 32.1. The molecule has 0 amide bonds. The SMILES string of the molecule is FC(F)Oc1ccc(C(Oc2ccc3ncccc3c2)c2nncs2)nc1. The predicted octanol–water partition coefficient (Wildman–Crippen LogP) is 4.25. The highest BCUT2D eigenvalue weighted by molar-refractivity contribution is 7.09. The zero-order valence-corrected chi connectivity index (χ0v) is 14.5. The predicted molar refractivity (Wildman–Crippen MR) is 95.0 cm³/mol. The lowest BCUT2D eigenvalue weighted by atomic mass is 10.2. The van der Waals surface area contributed by atoms with E-state index in [1.807, 2.05) is 24.3 Å². The quantitative estimate of drug-likeness (QED) is 0.493. The van der Waals surface area contributed by atoms with Crippen molar-refractivity contribution in [1.82, 2.24) is 20.2 Å². The normalized spacial score (nSPS) is 12.3. The van der Waals surface area contributed by atoms with Crippen molar-refractivity contribution in [1.29, 1.82) is 0 Å². The summed E-state index contributed by atoms with van der Waals surface area (Å²) in [5.41, 5.74) is 2.94. The minimum atomic E-state index is -2.90. The first-order valence-corrected chi connectivity index (χ1v) is 8.75. The van der Waals surface area contributed by atoms with Crippen LogP contribution in [0.2, 0.25) is 0 Å². The van der Waals surface area contributed by atoms with Crippen molar-refractivity contribution in [3.05, 3.63) is 71.1 Å². The maximum absolute atomic E-state index is 12.3. The number of halogens is 2. The lowest BCUT2D eigenvalue weighted by Crippen LogP contribution is -2.11. The van der Waals surface area contributed by atoms with E-state index in [1.54, 1.807) is 23.8 Å². The summed E-state index contributed by atoms with van der Waals surface area (Å²) in [4.78, 5) is 8.47. The molecule has 0 bridgehead atoms. The molecule has 4 aromatic rings. The maximum Gasteiger partial charge on any atom is 0.387 e. The van der Waals surface area contributed by atoms with Gasteiger partial charge >= 0.3 is 6.61 Å². The summed E-state index contributed by atoms with van der Waals surface area (Å²) < 4.78 is 35.1. The molecule has 3 aromatic heterocycles. The van der Waals surface area contributed by atoms with E-state index in [0.29, 0.717) is 16.5 Å². The maximum atomic E-state index is 12.3. The number of fused-ring (bicyclic) bond motifs is 1. The average Bonchev–Trinajstić information content (AvgIpc) is 3.21. The van der Waals surface area contributed by atoms with Gasteiger partial charge in [0.2, 0.25) is 0 Å². The lowest BCUT2D eigenvalue weighted by Gasteiger charge is -2.17. The molecule has 0 radical (unpaired) electrons. The highest BCUT2D eigenvalue weighted by Gasteiger charge is 2.22. The Kier molecular flexibility index (Phi) is 4.84. The Balaban J connectivity index is 1.65. The van der Waals surface area contributed by atoms with Crippen molar-refractivity contribution in [3.63, 3.8) is 0 Å². The first kappa shape index (κ1) is 17.2. The number of aromatic nitrogens is 4. The van der Waals surface area contributed by atoms with E-state index in [9.17, 15) is 8.78 Å². The third-order valence-corrected chi connectivity index (χ3v) is 4.42. The molecular weight excluding hydrogens is 374 g/mol. The molecule has 1 unspecified atom stereocenters. The zero-order chi connectivity index (χ0) is 18.6. The number of benzene rings is 1. The summed E-state index contributed by atoms with van der Waals surface area (Å²) in [6.45, 7) is -2.90.